The van der Waals surface area contributed by atoms with E-state index in [1.807, 2.05) is 0 Å². The molecule has 1 aromatic rings. The maximum absolute atomic E-state index is 12.2. The van der Waals surface area contributed by atoms with Gasteiger partial charge in [0, 0.05) is 35.7 Å². The molecule has 3 heteroatoms. The van der Waals surface area contributed by atoms with Crippen LogP contribution >= 0.6 is 0 Å². The second kappa shape index (κ2) is 5.56. The van der Waals surface area contributed by atoms with E-state index in [0.717, 1.165) is 24.8 Å². The molecule has 3 nitrogen and oxygen atoms in total. The second-order valence-corrected chi connectivity index (χ2v) is 8.69. The smallest absolute Gasteiger partial charge is 0.148 e. The van der Waals surface area contributed by atoms with Crippen molar-refractivity contribution in [2.24, 2.45) is 5.92 Å². The van der Waals surface area contributed by atoms with Crippen LogP contribution in [0.15, 0.2) is 47.2 Å². The quantitative estimate of drug-likeness (QED) is 0.502. The predicted octanol–water partition coefficient (Wildman–Crippen LogP) is 4.17. The lowest BCUT2D eigenvalue weighted by Crippen LogP contribution is -2.63. The topological polar surface area (TPSA) is 29.1 Å². The number of piperidine rings is 1. The largest absolute Gasteiger partial charge is 0.357 e. The summed E-state index contributed by atoms with van der Waals surface area (Å²) >= 11 is 0. The lowest BCUT2D eigenvalue weighted by Gasteiger charge is -2.53. The van der Waals surface area contributed by atoms with Crippen molar-refractivity contribution in [1.82, 2.24) is 0 Å². The Labute approximate surface area is 156 Å². The van der Waals surface area contributed by atoms with E-state index in [1.165, 1.54) is 59.4 Å². The molecule has 0 amide bonds. The van der Waals surface area contributed by atoms with Gasteiger partial charge in [-0.3, -0.25) is 4.79 Å². The van der Waals surface area contributed by atoms with Gasteiger partial charge in [-0.1, -0.05) is 37.6 Å². The van der Waals surface area contributed by atoms with Crippen molar-refractivity contribution in [3.63, 3.8) is 0 Å². The highest BCUT2D eigenvalue weighted by molar-refractivity contribution is 5.84. The Bertz CT molecular complexity index is 838. The van der Waals surface area contributed by atoms with Crippen LogP contribution in [-0.2, 0) is 10.2 Å². The number of nitrogens with zero attached hydrogens (tertiary/aromatic N) is 1. The molecule has 1 aromatic carbocycles. The molecule has 1 N–H and O–H groups in total. The van der Waals surface area contributed by atoms with Gasteiger partial charge in [0.2, 0.25) is 0 Å². The first-order chi connectivity index (χ1) is 12.7. The van der Waals surface area contributed by atoms with Gasteiger partial charge in [-0.25, -0.2) is 0 Å². The van der Waals surface area contributed by atoms with Crippen LogP contribution in [0.1, 0.15) is 45.1 Å². The Hall–Kier alpha value is -1.87. The average molecular weight is 349 g/mol. The zero-order valence-corrected chi connectivity index (χ0v) is 15.9. The van der Waals surface area contributed by atoms with Crippen molar-refractivity contribution < 1.29 is 9.28 Å². The van der Waals surface area contributed by atoms with Crippen LogP contribution in [0.5, 0.6) is 0 Å². The molecular formula is C23H29N2O+. The van der Waals surface area contributed by atoms with E-state index < -0.39 is 0 Å². The summed E-state index contributed by atoms with van der Waals surface area (Å²) in [6.45, 7) is 8.12. The Morgan fingerprint density at radius 3 is 2.96 bits per heavy atom. The molecule has 3 heterocycles. The van der Waals surface area contributed by atoms with Gasteiger partial charge in [-0.05, 0) is 30.5 Å². The third kappa shape index (κ3) is 1.80. The number of para-hydroxylation sites is 1. The number of rotatable bonds is 4. The molecule has 1 aliphatic carbocycles. The number of anilines is 1. The minimum atomic E-state index is 0.0380. The number of allylic oxidation sites excluding steroid dienone is 2. The third-order valence-electron chi connectivity index (χ3n) is 7.82. The Balaban J connectivity index is 1.76. The van der Waals surface area contributed by atoms with Crippen molar-refractivity contribution in [2.45, 2.75) is 51.0 Å². The highest BCUT2D eigenvalue weighted by Crippen LogP contribution is 2.63. The lowest BCUT2D eigenvalue weighted by molar-refractivity contribution is -0.941. The van der Waals surface area contributed by atoms with Gasteiger partial charge in [-0.15, -0.1) is 0 Å². The van der Waals surface area contributed by atoms with Gasteiger partial charge < -0.3 is 9.80 Å². The van der Waals surface area contributed by atoms with E-state index in [4.69, 9.17) is 0 Å². The summed E-state index contributed by atoms with van der Waals surface area (Å²) in [6.07, 6.45) is 8.31. The molecule has 0 saturated carbocycles. The van der Waals surface area contributed by atoms with Crippen molar-refractivity contribution in [3.8, 4) is 0 Å². The molecule has 0 unspecified atom stereocenters. The predicted molar refractivity (Wildman–Crippen MR) is 105 cm³/mol. The highest BCUT2D eigenvalue weighted by Gasteiger charge is 2.68. The minimum Gasteiger partial charge on any atom is -0.357 e. The van der Waals surface area contributed by atoms with E-state index in [9.17, 15) is 4.79 Å². The SMILES string of the molecule is C/C=C1/C[N@+]2(CCCC)CC[C@]34C(=C(C=O)[C@H]1C[C@H]32)Nc1ccccc14. The van der Waals surface area contributed by atoms with Gasteiger partial charge in [0.1, 0.15) is 18.9 Å². The normalized spacial score (nSPS) is 38.2. The first kappa shape index (κ1) is 16.3. The molecule has 1 spiro atoms. The zero-order valence-electron chi connectivity index (χ0n) is 15.9. The van der Waals surface area contributed by atoms with Crippen LogP contribution in [0, 0.1) is 5.92 Å². The van der Waals surface area contributed by atoms with Gasteiger partial charge in [0.25, 0.3) is 0 Å². The number of carbonyl (C=O) groups excluding carboxylic acids is 1. The summed E-state index contributed by atoms with van der Waals surface area (Å²) in [5, 5.41) is 3.71. The number of unbranched alkanes of at least 4 members (excludes halogenated alkanes) is 1. The van der Waals surface area contributed by atoms with Crippen LogP contribution in [0.4, 0.5) is 5.69 Å². The first-order valence-electron chi connectivity index (χ1n) is 10.3. The van der Waals surface area contributed by atoms with Gasteiger partial charge >= 0.3 is 0 Å². The molecule has 4 aliphatic rings. The molecular weight excluding hydrogens is 320 g/mol. The van der Waals surface area contributed by atoms with E-state index in [1.54, 1.807) is 0 Å². The number of fused-ring (bicyclic) bond motifs is 2. The Morgan fingerprint density at radius 2 is 2.19 bits per heavy atom. The molecule has 2 bridgehead atoms. The van der Waals surface area contributed by atoms with E-state index in [-0.39, 0.29) is 5.41 Å². The van der Waals surface area contributed by atoms with Gasteiger partial charge in [0.15, 0.2) is 0 Å². The Kier molecular flexibility index (Phi) is 3.49. The van der Waals surface area contributed by atoms with Crippen molar-refractivity contribution in [1.29, 1.82) is 0 Å². The third-order valence-corrected chi connectivity index (χ3v) is 7.82. The fourth-order valence-electron chi connectivity index (χ4n) is 6.70. The maximum Gasteiger partial charge on any atom is 0.148 e. The molecule has 136 valence electrons. The summed E-state index contributed by atoms with van der Waals surface area (Å²) in [7, 11) is 0. The number of quaternary nitrogens is 1. The van der Waals surface area contributed by atoms with E-state index in [0.29, 0.717) is 12.0 Å². The Morgan fingerprint density at radius 1 is 1.35 bits per heavy atom. The average Bonchev–Trinajstić information content (AvgIpc) is 3.20. The number of benzene rings is 1. The maximum atomic E-state index is 12.2. The monoisotopic (exact) mass is 349 g/mol. The van der Waals surface area contributed by atoms with Crippen LogP contribution in [0.3, 0.4) is 0 Å². The van der Waals surface area contributed by atoms with Crippen molar-refractivity contribution in [2.75, 3.05) is 25.0 Å². The number of nitrogens with one attached hydrogen (secondary N) is 1. The fourth-order valence-corrected chi connectivity index (χ4v) is 6.70. The summed E-state index contributed by atoms with van der Waals surface area (Å²) in [4.78, 5) is 12.2. The molecule has 5 rings (SSSR count). The van der Waals surface area contributed by atoms with Crippen molar-refractivity contribution >= 4 is 12.0 Å². The first-order valence-corrected chi connectivity index (χ1v) is 10.3. The molecule has 4 atom stereocenters. The molecule has 2 saturated heterocycles. The fraction of sp³-hybridized carbons (Fsp3) is 0.522. The molecule has 3 aliphatic heterocycles. The zero-order chi connectivity index (χ0) is 17.9. The highest BCUT2D eigenvalue weighted by atomic mass is 16.1. The van der Waals surface area contributed by atoms with Crippen LogP contribution in [0.2, 0.25) is 0 Å². The number of aldehydes is 1. The molecule has 26 heavy (non-hydrogen) atoms. The summed E-state index contributed by atoms with van der Waals surface area (Å²) in [6, 6.07) is 9.39. The van der Waals surface area contributed by atoms with Crippen LogP contribution in [-0.4, -0.2) is 36.4 Å². The van der Waals surface area contributed by atoms with Gasteiger partial charge in [0.05, 0.1) is 18.5 Å². The minimum absolute atomic E-state index is 0.0380. The van der Waals surface area contributed by atoms with Crippen molar-refractivity contribution in [3.05, 3.63) is 52.7 Å². The summed E-state index contributed by atoms with van der Waals surface area (Å²) < 4.78 is 1.23. The van der Waals surface area contributed by atoms with E-state index >= 15 is 0 Å². The standard InChI is InChI=1S/C23H28N2O/c1-3-5-11-25-12-10-23-19-8-6-7-9-20(19)24-22(23)18(15-26)17(13-21(23)25)16(4-2)14-25/h4,6-9,15,17,21H,3,5,10-14H2,1-2H3/p+1/b16-4-/t17-,21+,23+,25-/m0/s1. The number of hydrogen-bond acceptors (Lipinski definition) is 2. The van der Waals surface area contributed by atoms with E-state index in [2.05, 4.69) is 49.5 Å². The number of hydrogen-bond donors (Lipinski definition) is 1. The van der Waals surface area contributed by atoms with Crippen LogP contribution in [0.25, 0.3) is 0 Å². The second-order valence-electron chi connectivity index (χ2n) is 8.69. The van der Waals surface area contributed by atoms with Gasteiger partial charge in [-0.2, -0.15) is 0 Å². The summed E-state index contributed by atoms with van der Waals surface area (Å²) in [5.41, 5.74) is 6.47. The summed E-state index contributed by atoms with van der Waals surface area (Å²) in [5.74, 6) is 0.318. The molecule has 2 fully saturated rings. The lowest BCUT2D eigenvalue weighted by atomic mass is 9.61. The number of carbonyl (C=O) groups is 1. The van der Waals surface area contributed by atoms with Crippen LogP contribution < -0.4 is 5.32 Å². The molecule has 0 aromatic heterocycles. The molecule has 0 radical (unpaired) electrons.